The average molecular weight is 425 g/mol. The quantitative estimate of drug-likeness (QED) is 0.393. The monoisotopic (exact) mass is 425 g/mol. The Kier molecular flexibility index (Phi) is 4.83. The molecule has 1 aliphatic heterocycles. The van der Waals surface area contributed by atoms with Crippen LogP contribution >= 0.6 is 0 Å². The zero-order valence-electron chi connectivity index (χ0n) is 17.2. The van der Waals surface area contributed by atoms with Gasteiger partial charge in [0.2, 0.25) is 5.91 Å². The standard InChI is InChI=1S/C23H19N7O2/c1-16-20(13-25-30(16)19-10-6-3-7-11-19)22-17(12-24-29-15-21(31)26-23(29)32)14-28(27-22)18-8-4-2-5-9-18/h2-14H,15H2,1H3,(H,26,31,32)/b24-12+. The number of hydrogen-bond acceptors (Lipinski definition) is 5. The topological polar surface area (TPSA) is 97.4 Å². The number of urea groups is 1. The predicted molar refractivity (Wildman–Crippen MR) is 119 cm³/mol. The molecule has 32 heavy (non-hydrogen) atoms. The van der Waals surface area contributed by atoms with Gasteiger partial charge in [-0.15, -0.1) is 0 Å². The SMILES string of the molecule is Cc1c(-c2nn(-c3ccccc3)cc2/C=N/N2CC(=O)NC2=O)cnn1-c1ccccc1. The molecule has 0 saturated carbocycles. The number of imide groups is 1. The zero-order valence-corrected chi connectivity index (χ0v) is 17.2. The molecule has 158 valence electrons. The predicted octanol–water partition coefficient (Wildman–Crippen LogP) is 2.92. The highest BCUT2D eigenvalue weighted by molar-refractivity contribution is 6.02. The van der Waals surface area contributed by atoms with Crippen LogP contribution in [0, 0.1) is 6.92 Å². The number of nitrogens with one attached hydrogen (secondary N) is 1. The highest BCUT2D eigenvalue weighted by Crippen LogP contribution is 2.27. The maximum atomic E-state index is 11.8. The van der Waals surface area contributed by atoms with E-state index in [0.29, 0.717) is 11.3 Å². The molecule has 1 N–H and O–H groups in total. The Bertz CT molecular complexity index is 1320. The van der Waals surface area contributed by atoms with Gasteiger partial charge in [0, 0.05) is 17.3 Å². The number of carbonyl (C=O) groups excluding carboxylic acids is 2. The number of hydrazone groups is 1. The Hall–Kier alpha value is -4.53. The third kappa shape index (κ3) is 3.56. The van der Waals surface area contributed by atoms with Gasteiger partial charge in [-0.2, -0.15) is 15.3 Å². The van der Waals surface area contributed by atoms with E-state index in [1.807, 2.05) is 78.5 Å². The molecule has 1 fully saturated rings. The molecule has 9 heteroatoms. The highest BCUT2D eigenvalue weighted by atomic mass is 16.2. The van der Waals surface area contributed by atoms with Crippen LogP contribution < -0.4 is 5.32 Å². The van der Waals surface area contributed by atoms with E-state index in [0.717, 1.165) is 27.6 Å². The molecule has 2 aromatic heterocycles. The Morgan fingerprint density at radius 2 is 1.69 bits per heavy atom. The second-order valence-electron chi connectivity index (χ2n) is 7.26. The van der Waals surface area contributed by atoms with Crippen molar-refractivity contribution in [3.63, 3.8) is 0 Å². The molecule has 9 nitrogen and oxygen atoms in total. The van der Waals surface area contributed by atoms with Gasteiger partial charge in [-0.3, -0.25) is 10.1 Å². The van der Waals surface area contributed by atoms with E-state index in [2.05, 4.69) is 15.5 Å². The molecule has 1 aliphatic rings. The smallest absolute Gasteiger partial charge is 0.275 e. The van der Waals surface area contributed by atoms with Gasteiger partial charge in [0.25, 0.3) is 0 Å². The van der Waals surface area contributed by atoms with Crippen LogP contribution in [-0.4, -0.2) is 49.3 Å². The van der Waals surface area contributed by atoms with Gasteiger partial charge in [-0.25, -0.2) is 19.2 Å². The second kappa shape index (κ2) is 7.95. The molecule has 0 aliphatic carbocycles. The van der Waals surface area contributed by atoms with Crippen LogP contribution in [0.1, 0.15) is 11.3 Å². The molecule has 0 radical (unpaired) electrons. The summed E-state index contributed by atoms with van der Waals surface area (Å²) >= 11 is 0. The Balaban J connectivity index is 1.58. The number of hydrogen-bond donors (Lipinski definition) is 1. The summed E-state index contributed by atoms with van der Waals surface area (Å²) in [5, 5.41) is 16.8. The van der Waals surface area contributed by atoms with Crippen LogP contribution in [0.3, 0.4) is 0 Å². The minimum absolute atomic E-state index is 0.109. The lowest BCUT2D eigenvalue weighted by atomic mass is 10.1. The van der Waals surface area contributed by atoms with Crippen molar-refractivity contribution in [2.75, 3.05) is 6.54 Å². The first-order chi connectivity index (χ1) is 15.6. The maximum Gasteiger partial charge on any atom is 0.344 e. The van der Waals surface area contributed by atoms with Crippen molar-refractivity contribution < 1.29 is 9.59 Å². The van der Waals surface area contributed by atoms with Crippen LogP contribution in [0.15, 0.2) is 78.2 Å². The highest BCUT2D eigenvalue weighted by Gasteiger charge is 2.26. The average Bonchev–Trinajstić information content (AvgIpc) is 3.49. The van der Waals surface area contributed by atoms with Crippen molar-refractivity contribution in [1.82, 2.24) is 29.9 Å². The molecule has 2 aromatic carbocycles. The molecule has 4 aromatic rings. The third-order valence-corrected chi connectivity index (χ3v) is 5.14. The van der Waals surface area contributed by atoms with E-state index >= 15 is 0 Å². The minimum atomic E-state index is -0.545. The Morgan fingerprint density at radius 3 is 2.34 bits per heavy atom. The van der Waals surface area contributed by atoms with Crippen LogP contribution in [-0.2, 0) is 4.79 Å². The fourth-order valence-electron chi connectivity index (χ4n) is 3.53. The van der Waals surface area contributed by atoms with E-state index in [4.69, 9.17) is 5.10 Å². The van der Waals surface area contributed by atoms with Gasteiger partial charge in [0.05, 0.1) is 29.5 Å². The number of nitrogens with zero attached hydrogens (tertiary/aromatic N) is 6. The lowest BCUT2D eigenvalue weighted by molar-refractivity contribution is -0.118. The Labute approximate surface area is 183 Å². The number of para-hydroxylation sites is 2. The second-order valence-corrected chi connectivity index (χ2v) is 7.26. The molecule has 0 spiro atoms. The van der Waals surface area contributed by atoms with Gasteiger partial charge in [-0.1, -0.05) is 36.4 Å². The summed E-state index contributed by atoms with van der Waals surface area (Å²) < 4.78 is 3.61. The van der Waals surface area contributed by atoms with Gasteiger partial charge < -0.3 is 0 Å². The first kappa shape index (κ1) is 19.4. The van der Waals surface area contributed by atoms with Crippen LogP contribution in [0.4, 0.5) is 4.79 Å². The lowest BCUT2D eigenvalue weighted by Gasteiger charge is -2.05. The first-order valence-electron chi connectivity index (χ1n) is 10.0. The van der Waals surface area contributed by atoms with Gasteiger partial charge in [-0.05, 0) is 31.2 Å². The molecule has 5 rings (SSSR count). The van der Waals surface area contributed by atoms with Crippen molar-refractivity contribution in [2.45, 2.75) is 6.92 Å². The summed E-state index contributed by atoms with van der Waals surface area (Å²) in [7, 11) is 0. The van der Waals surface area contributed by atoms with Crippen LogP contribution in [0.5, 0.6) is 0 Å². The molecule has 0 unspecified atom stereocenters. The number of amides is 3. The number of aromatic nitrogens is 4. The van der Waals surface area contributed by atoms with E-state index in [9.17, 15) is 9.59 Å². The molecular weight excluding hydrogens is 406 g/mol. The van der Waals surface area contributed by atoms with Crippen molar-refractivity contribution in [3.05, 3.63) is 84.3 Å². The molecule has 1 saturated heterocycles. The van der Waals surface area contributed by atoms with Gasteiger partial charge in [0.15, 0.2) is 0 Å². The van der Waals surface area contributed by atoms with Crippen molar-refractivity contribution in [3.8, 4) is 22.6 Å². The number of rotatable bonds is 5. The zero-order chi connectivity index (χ0) is 22.1. The van der Waals surface area contributed by atoms with E-state index in [1.165, 1.54) is 0 Å². The third-order valence-electron chi connectivity index (χ3n) is 5.14. The maximum absolute atomic E-state index is 11.8. The number of carbonyl (C=O) groups is 2. The molecule has 0 atom stereocenters. The summed E-state index contributed by atoms with van der Waals surface area (Å²) in [6.45, 7) is 1.87. The van der Waals surface area contributed by atoms with E-state index < -0.39 is 6.03 Å². The molecule has 3 heterocycles. The lowest BCUT2D eigenvalue weighted by Crippen LogP contribution is -2.24. The van der Waals surface area contributed by atoms with Gasteiger partial charge in [0.1, 0.15) is 12.2 Å². The van der Waals surface area contributed by atoms with Crippen molar-refractivity contribution >= 4 is 18.2 Å². The van der Waals surface area contributed by atoms with Crippen molar-refractivity contribution in [2.24, 2.45) is 5.10 Å². The number of benzene rings is 2. The van der Waals surface area contributed by atoms with Gasteiger partial charge >= 0.3 is 6.03 Å². The first-order valence-corrected chi connectivity index (χ1v) is 10.0. The Morgan fingerprint density at radius 1 is 1.00 bits per heavy atom. The normalized spacial score (nSPS) is 13.8. The fraction of sp³-hybridized carbons (Fsp3) is 0.0870. The summed E-state index contributed by atoms with van der Waals surface area (Å²) in [5.74, 6) is -0.382. The molecular formula is C23H19N7O2. The summed E-state index contributed by atoms with van der Waals surface area (Å²) in [5.41, 5.74) is 4.95. The molecule has 0 bridgehead atoms. The minimum Gasteiger partial charge on any atom is -0.275 e. The van der Waals surface area contributed by atoms with E-state index in [-0.39, 0.29) is 12.5 Å². The summed E-state index contributed by atoms with van der Waals surface area (Å²) in [6.07, 6.45) is 5.14. The summed E-state index contributed by atoms with van der Waals surface area (Å²) in [6, 6.07) is 19.0. The van der Waals surface area contributed by atoms with Crippen LogP contribution in [0.2, 0.25) is 0 Å². The largest absolute Gasteiger partial charge is 0.344 e. The van der Waals surface area contributed by atoms with E-state index in [1.54, 1.807) is 17.1 Å². The van der Waals surface area contributed by atoms with Crippen molar-refractivity contribution in [1.29, 1.82) is 0 Å². The summed E-state index contributed by atoms with van der Waals surface area (Å²) in [4.78, 5) is 23.3. The fourth-order valence-corrected chi connectivity index (χ4v) is 3.53. The van der Waals surface area contributed by atoms with Crippen LogP contribution in [0.25, 0.3) is 22.6 Å². The molecule has 3 amide bonds.